The van der Waals surface area contributed by atoms with Crippen molar-refractivity contribution >= 4 is 34.9 Å². The summed E-state index contributed by atoms with van der Waals surface area (Å²) in [5, 5.41) is 17.1. The molecule has 0 fully saturated rings. The number of allylic oxidation sites excluding steroid dienone is 1. The zero-order valence-electron chi connectivity index (χ0n) is 11.6. The first-order chi connectivity index (χ1) is 11.1. The van der Waals surface area contributed by atoms with Crippen molar-refractivity contribution in [1.29, 1.82) is 0 Å². The van der Waals surface area contributed by atoms with E-state index in [1.807, 2.05) is 12.1 Å². The Morgan fingerprint density at radius 3 is 2.78 bits per heavy atom. The highest BCUT2D eigenvalue weighted by molar-refractivity contribution is 7.99. The minimum Gasteiger partial charge on any atom is -0.504 e. The molecule has 0 unspecified atom stereocenters. The van der Waals surface area contributed by atoms with Crippen LogP contribution < -0.4 is 0 Å². The standard InChI is InChI=1S/C15H10ClN3O3S/c16-9-1-3-10(4-2-9)23-15-11(5-6-22-15)12(20)7-13(21)14-17-8-18-19-14/h1-8,21H,(H,17,18,19). The van der Waals surface area contributed by atoms with E-state index in [-0.39, 0.29) is 11.6 Å². The van der Waals surface area contributed by atoms with Crippen LogP contribution >= 0.6 is 23.4 Å². The van der Waals surface area contributed by atoms with Crippen molar-refractivity contribution in [2.24, 2.45) is 0 Å². The van der Waals surface area contributed by atoms with Gasteiger partial charge < -0.3 is 9.52 Å². The summed E-state index contributed by atoms with van der Waals surface area (Å²) in [7, 11) is 0. The summed E-state index contributed by atoms with van der Waals surface area (Å²) in [6, 6.07) is 8.70. The zero-order valence-corrected chi connectivity index (χ0v) is 13.1. The van der Waals surface area contributed by atoms with Gasteiger partial charge in [-0.3, -0.25) is 9.89 Å². The Morgan fingerprint density at radius 2 is 2.09 bits per heavy atom. The van der Waals surface area contributed by atoms with Crippen LogP contribution in [0.4, 0.5) is 0 Å². The van der Waals surface area contributed by atoms with E-state index in [0.29, 0.717) is 15.7 Å². The van der Waals surface area contributed by atoms with E-state index in [2.05, 4.69) is 15.2 Å². The van der Waals surface area contributed by atoms with Gasteiger partial charge in [-0.25, -0.2) is 4.98 Å². The lowest BCUT2D eigenvalue weighted by atomic mass is 10.2. The van der Waals surface area contributed by atoms with E-state index >= 15 is 0 Å². The second-order valence-electron chi connectivity index (χ2n) is 4.39. The van der Waals surface area contributed by atoms with Crippen molar-refractivity contribution in [3.05, 3.63) is 65.4 Å². The van der Waals surface area contributed by atoms with Gasteiger partial charge in [0, 0.05) is 16.0 Å². The van der Waals surface area contributed by atoms with Crippen LogP contribution in [0.3, 0.4) is 0 Å². The summed E-state index contributed by atoms with van der Waals surface area (Å²) in [5.74, 6) is -0.675. The SMILES string of the molecule is O=C(C=C(O)c1nc[nH]n1)c1ccoc1Sc1ccc(Cl)cc1. The third-order valence-corrected chi connectivity index (χ3v) is 4.09. The fraction of sp³-hybridized carbons (Fsp3) is 0. The summed E-state index contributed by atoms with van der Waals surface area (Å²) in [6.45, 7) is 0. The van der Waals surface area contributed by atoms with Gasteiger partial charge in [0.15, 0.2) is 16.6 Å². The average molecular weight is 348 g/mol. The lowest BCUT2D eigenvalue weighted by Gasteiger charge is -2.01. The topological polar surface area (TPSA) is 92.0 Å². The van der Waals surface area contributed by atoms with Gasteiger partial charge in [0.1, 0.15) is 6.33 Å². The molecule has 2 heterocycles. The Kier molecular flexibility index (Phi) is 4.50. The van der Waals surface area contributed by atoms with Crippen molar-refractivity contribution in [3.63, 3.8) is 0 Å². The molecule has 3 aromatic rings. The minimum atomic E-state index is -0.405. The molecular formula is C15H10ClN3O3S. The van der Waals surface area contributed by atoms with Crippen LogP contribution in [0, 0.1) is 0 Å². The van der Waals surface area contributed by atoms with Gasteiger partial charge in [0.05, 0.1) is 11.8 Å². The largest absolute Gasteiger partial charge is 0.504 e. The van der Waals surface area contributed by atoms with Crippen molar-refractivity contribution in [1.82, 2.24) is 15.2 Å². The van der Waals surface area contributed by atoms with E-state index in [1.54, 1.807) is 18.2 Å². The predicted octanol–water partition coefficient (Wildman–Crippen LogP) is 3.98. The number of hydrogen-bond donors (Lipinski definition) is 2. The van der Waals surface area contributed by atoms with E-state index in [9.17, 15) is 9.90 Å². The number of carbonyl (C=O) groups excluding carboxylic acids is 1. The monoisotopic (exact) mass is 347 g/mol. The number of carbonyl (C=O) groups is 1. The number of rotatable bonds is 5. The molecule has 2 N–H and O–H groups in total. The third kappa shape index (κ3) is 3.64. The molecule has 0 bridgehead atoms. The minimum absolute atomic E-state index is 0.0498. The Labute approximate surface area is 140 Å². The molecule has 2 aromatic heterocycles. The van der Waals surface area contributed by atoms with Crippen LogP contribution in [-0.4, -0.2) is 26.1 Å². The number of halogens is 1. The number of hydrogen-bond acceptors (Lipinski definition) is 6. The van der Waals surface area contributed by atoms with Crippen molar-refractivity contribution in [2.45, 2.75) is 9.99 Å². The third-order valence-electron chi connectivity index (χ3n) is 2.83. The number of nitrogens with one attached hydrogen (secondary N) is 1. The van der Waals surface area contributed by atoms with Gasteiger partial charge >= 0.3 is 0 Å². The zero-order chi connectivity index (χ0) is 16.2. The van der Waals surface area contributed by atoms with Crippen LogP contribution in [0.25, 0.3) is 5.76 Å². The maximum atomic E-state index is 12.3. The molecule has 0 atom stereocenters. The summed E-state index contributed by atoms with van der Waals surface area (Å²) in [5.41, 5.74) is 0.340. The second-order valence-corrected chi connectivity index (χ2v) is 5.88. The number of aromatic nitrogens is 3. The quantitative estimate of drug-likeness (QED) is 0.412. The predicted molar refractivity (Wildman–Crippen MR) is 85.6 cm³/mol. The first-order valence-electron chi connectivity index (χ1n) is 6.45. The first-order valence-corrected chi connectivity index (χ1v) is 7.65. The fourth-order valence-electron chi connectivity index (χ4n) is 1.77. The molecule has 3 rings (SSSR count). The van der Waals surface area contributed by atoms with Gasteiger partial charge in [-0.15, -0.1) is 0 Å². The van der Waals surface area contributed by atoms with E-state index in [4.69, 9.17) is 16.0 Å². The van der Waals surface area contributed by atoms with E-state index in [0.717, 1.165) is 11.0 Å². The molecule has 1 aromatic carbocycles. The van der Waals surface area contributed by atoms with Gasteiger partial charge in [0.25, 0.3) is 0 Å². The smallest absolute Gasteiger partial charge is 0.215 e. The lowest BCUT2D eigenvalue weighted by Crippen LogP contribution is -1.97. The van der Waals surface area contributed by atoms with Crippen molar-refractivity contribution < 1.29 is 14.3 Å². The molecule has 6 nitrogen and oxygen atoms in total. The molecule has 0 radical (unpaired) electrons. The normalized spacial score (nSPS) is 11.6. The summed E-state index contributed by atoms with van der Waals surface area (Å²) >= 11 is 7.13. The molecule has 0 spiro atoms. The number of aliphatic hydroxyl groups is 1. The van der Waals surface area contributed by atoms with Crippen LogP contribution in [0.2, 0.25) is 5.02 Å². The second kappa shape index (κ2) is 6.72. The lowest BCUT2D eigenvalue weighted by molar-refractivity contribution is 0.104. The molecule has 0 aliphatic rings. The Morgan fingerprint density at radius 1 is 1.30 bits per heavy atom. The fourth-order valence-corrected chi connectivity index (χ4v) is 2.76. The molecule has 0 aliphatic carbocycles. The number of aliphatic hydroxyl groups excluding tert-OH is 1. The summed E-state index contributed by atoms with van der Waals surface area (Å²) < 4.78 is 5.35. The molecule has 116 valence electrons. The number of H-pyrrole nitrogens is 1. The molecule has 0 saturated heterocycles. The van der Waals surface area contributed by atoms with Crippen LogP contribution in [-0.2, 0) is 0 Å². The Balaban J connectivity index is 1.81. The summed E-state index contributed by atoms with van der Waals surface area (Å²) in [4.78, 5) is 16.9. The number of furan rings is 1. The van der Waals surface area contributed by atoms with E-state index in [1.165, 1.54) is 24.4 Å². The highest BCUT2D eigenvalue weighted by Crippen LogP contribution is 2.32. The number of ketones is 1. The summed E-state index contributed by atoms with van der Waals surface area (Å²) in [6.07, 6.45) is 3.78. The molecule has 0 saturated carbocycles. The van der Waals surface area contributed by atoms with Crippen LogP contribution in [0.1, 0.15) is 16.2 Å². The number of nitrogens with zero attached hydrogens (tertiary/aromatic N) is 2. The highest BCUT2D eigenvalue weighted by atomic mass is 35.5. The first kappa shape index (κ1) is 15.4. The van der Waals surface area contributed by atoms with Crippen molar-refractivity contribution in [3.8, 4) is 0 Å². The van der Waals surface area contributed by atoms with Gasteiger partial charge in [-0.1, -0.05) is 23.4 Å². The maximum Gasteiger partial charge on any atom is 0.215 e. The Bertz CT molecular complexity index is 841. The van der Waals surface area contributed by atoms with Crippen molar-refractivity contribution in [2.75, 3.05) is 0 Å². The molecule has 23 heavy (non-hydrogen) atoms. The van der Waals surface area contributed by atoms with Crippen LogP contribution in [0.5, 0.6) is 0 Å². The molecule has 0 aliphatic heterocycles. The molecular weight excluding hydrogens is 338 g/mol. The van der Waals surface area contributed by atoms with E-state index < -0.39 is 5.78 Å². The maximum absolute atomic E-state index is 12.3. The number of aromatic amines is 1. The molecule has 0 amide bonds. The van der Waals surface area contributed by atoms with Gasteiger partial charge in [0.2, 0.25) is 5.82 Å². The van der Waals surface area contributed by atoms with Crippen LogP contribution in [0.15, 0.2) is 63.4 Å². The van der Waals surface area contributed by atoms with Gasteiger partial charge in [-0.05, 0) is 30.3 Å². The highest BCUT2D eigenvalue weighted by Gasteiger charge is 2.16. The Hall–Kier alpha value is -2.51. The molecule has 8 heteroatoms. The van der Waals surface area contributed by atoms with Gasteiger partial charge in [-0.2, -0.15) is 5.10 Å². The average Bonchev–Trinajstić information content (AvgIpc) is 3.20. The number of benzene rings is 1.